The number of para-hydroxylation sites is 1. The fourth-order valence-corrected chi connectivity index (χ4v) is 2.90. The largest absolute Gasteiger partial charge is 0.481 e. The van der Waals surface area contributed by atoms with Crippen molar-refractivity contribution in [1.82, 2.24) is 10.3 Å². The third-order valence-electron chi connectivity index (χ3n) is 4.30. The molecule has 1 aromatic carbocycles. The fourth-order valence-electron chi connectivity index (χ4n) is 2.90. The van der Waals surface area contributed by atoms with Crippen LogP contribution in [0.5, 0.6) is 0 Å². The molecular formula is C16H18N2O3. The van der Waals surface area contributed by atoms with Gasteiger partial charge in [-0.2, -0.15) is 0 Å². The van der Waals surface area contributed by atoms with E-state index in [0.717, 1.165) is 17.5 Å². The highest BCUT2D eigenvalue weighted by molar-refractivity contribution is 5.86. The molecule has 3 rings (SSSR count). The molecule has 5 nitrogen and oxygen atoms in total. The summed E-state index contributed by atoms with van der Waals surface area (Å²) in [5.74, 6) is -1.85. The van der Waals surface area contributed by atoms with Gasteiger partial charge in [-0.25, -0.2) is 0 Å². The summed E-state index contributed by atoms with van der Waals surface area (Å²) < 4.78 is 0. The molecule has 1 amide bonds. The van der Waals surface area contributed by atoms with Crippen molar-refractivity contribution in [2.24, 2.45) is 11.8 Å². The number of hydrogen-bond acceptors (Lipinski definition) is 2. The van der Waals surface area contributed by atoms with Gasteiger partial charge < -0.3 is 15.4 Å². The van der Waals surface area contributed by atoms with Crippen molar-refractivity contribution >= 4 is 22.8 Å². The molecule has 0 bridgehead atoms. The number of carbonyl (C=O) groups excluding carboxylic acids is 1. The van der Waals surface area contributed by atoms with Crippen molar-refractivity contribution in [2.45, 2.75) is 19.3 Å². The van der Waals surface area contributed by atoms with Crippen molar-refractivity contribution in [3.05, 3.63) is 36.0 Å². The number of aromatic nitrogens is 1. The third kappa shape index (κ3) is 2.63. The second-order valence-corrected chi connectivity index (χ2v) is 5.53. The second kappa shape index (κ2) is 5.60. The number of carboxylic acids is 1. The van der Waals surface area contributed by atoms with Crippen LogP contribution in [0.4, 0.5) is 0 Å². The molecule has 21 heavy (non-hydrogen) atoms. The summed E-state index contributed by atoms with van der Waals surface area (Å²) in [6.45, 7) is 0.531. The van der Waals surface area contributed by atoms with Crippen LogP contribution in [0.3, 0.4) is 0 Å². The lowest BCUT2D eigenvalue weighted by Gasteiger charge is -2.31. The van der Waals surface area contributed by atoms with E-state index in [2.05, 4.69) is 16.4 Å². The molecule has 0 radical (unpaired) electrons. The van der Waals surface area contributed by atoms with Gasteiger partial charge in [0.25, 0.3) is 0 Å². The zero-order chi connectivity index (χ0) is 14.8. The van der Waals surface area contributed by atoms with E-state index in [0.29, 0.717) is 19.4 Å². The molecule has 0 saturated heterocycles. The molecule has 3 N–H and O–H groups in total. The highest BCUT2D eigenvalue weighted by atomic mass is 16.4. The van der Waals surface area contributed by atoms with Gasteiger partial charge in [0.2, 0.25) is 5.91 Å². The smallest absolute Gasteiger partial charge is 0.307 e. The van der Waals surface area contributed by atoms with Crippen LogP contribution in [0.2, 0.25) is 0 Å². The minimum atomic E-state index is -0.863. The van der Waals surface area contributed by atoms with Crippen molar-refractivity contribution < 1.29 is 14.7 Å². The number of amides is 1. The van der Waals surface area contributed by atoms with Crippen molar-refractivity contribution in [3.8, 4) is 0 Å². The second-order valence-electron chi connectivity index (χ2n) is 5.53. The van der Waals surface area contributed by atoms with Crippen LogP contribution >= 0.6 is 0 Å². The number of fused-ring (bicyclic) bond motifs is 1. The first-order valence-electron chi connectivity index (χ1n) is 7.22. The Kier molecular flexibility index (Phi) is 3.64. The predicted molar refractivity (Wildman–Crippen MR) is 78.9 cm³/mol. The van der Waals surface area contributed by atoms with Crippen LogP contribution in [0.25, 0.3) is 10.9 Å². The normalized spacial score (nSPS) is 21.0. The summed E-state index contributed by atoms with van der Waals surface area (Å²) in [6.07, 6.45) is 3.98. The molecule has 1 fully saturated rings. The number of benzene rings is 1. The Morgan fingerprint density at radius 3 is 2.71 bits per heavy atom. The molecule has 110 valence electrons. The van der Waals surface area contributed by atoms with Gasteiger partial charge in [0.15, 0.2) is 0 Å². The molecule has 5 heteroatoms. The summed E-state index contributed by atoms with van der Waals surface area (Å²) in [7, 11) is 0. The molecule has 2 atom stereocenters. The number of hydrogen-bond donors (Lipinski definition) is 3. The van der Waals surface area contributed by atoms with E-state index in [4.69, 9.17) is 5.11 Å². The lowest BCUT2D eigenvalue weighted by atomic mass is 9.73. The van der Waals surface area contributed by atoms with Crippen LogP contribution in [0.15, 0.2) is 30.5 Å². The standard InChI is InChI=1S/C16H18N2O3/c19-15(12-5-6-13(12)16(20)21)17-8-7-10-9-18-14-4-2-1-3-11(10)14/h1-4,9,12-13,18H,5-8H2,(H,17,19)(H,20,21). The Balaban J connectivity index is 1.54. The number of H-pyrrole nitrogens is 1. The summed E-state index contributed by atoms with van der Waals surface area (Å²) >= 11 is 0. The summed E-state index contributed by atoms with van der Waals surface area (Å²) in [6, 6.07) is 8.04. The molecule has 2 aromatic rings. The van der Waals surface area contributed by atoms with E-state index >= 15 is 0 Å². The topological polar surface area (TPSA) is 82.2 Å². The number of carboxylic acid groups (broad SMARTS) is 1. The van der Waals surface area contributed by atoms with E-state index in [1.165, 1.54) is 5.39 Å². The van der Waals surface area contributed by atoms with Crippen LogP contribution in [-0.4, -0.2) is 28.5 Å². The highest BCUT2D eigenvalue weighted by Crippen LogP contribution is 2.34. The van der Waals surface area contributed by atoms with Gasteiger partial charge in [0, 0.05) is 23.6 Å². The molecule has 1 saturated carbocycles. The Hall–Kier alpha value is -2.30. The maximum atomic E-state index is 12.0. The summed E-state index contributed by atoms with van der Waals surface area (Å²) in [5, 5.41) is 13.0. The first kappa shape index (κ1) is 13.7. The first-order chi connectivity index (χ1) is 10.2. The molecule has 0 spiro atoms. The van der Waals surface area contributed by atoms with Gasteiger partial charge in [-0.1, -0.05) is 18.2 Å². The maximum absolute atomic E-state index is 12.0. The molecular weight excluding hydrogens is 268 g/mol. The Morgan fingerprint density at radius 2 is 2.00 bits per heavy atom. The van der Waals surface area contributed by atoms with Gasteiger partial charge in [-0.05, 0) is 30.9 Å². The monoisotopic (exact) mass is 286 g/mol. The number of carbonyl (C=O) groups is 2. The van der Waals surface area contributed by atoms with E-state index in [1.807, 2.05) is 24.4 Å². The summed E-state index contributed by atoms with van der Waals surface area (Å²) in [4.78, 5) is 26.1. The molecule has 1 aromatic heterocycles. The third-order valence-corrected chi connectivity index (χ3v) is 4.30. The Morgan fingerprint density at radius 1 is 1.24 bits per heavy atom. The van der Waals surface area contributed by atoms with Crippen molar-refractivity contribution in [1.29, 1.82) is 0 Å². The molecule has 1 aliphatic carbocycles. The van der Waals surface area contributed by atoms with Gasteiger partial charge in [-0.3, -0.25) is 9.59 Å². The SMILES string of the molecule is O=C(O)C1CCC1C(=O)NCCc1c[nH]c2ccccc12. The average Bonchev–Trinajstić information content (AvgIpc) is 2.80. The molecule has 1 heterocycles. The zero-order valence-electron chi connectivity index (χ0n) is 11.6. The molecule has 0 aliphatic heterocycles. The van der Waals surface area contributed by atoms with Crippen LogP contribution in [-0.2, 0) is 16.0 Å². The van der Waals surface area contributed by atoms with Crippen LogP contribution < -0.4 is 5.32 Å². The summed E-state index contributed by atoms with van der Waals surface area (Å²) in [5.41, 5.74) is 2.25. The zero-order valence-corrected chi connectivity index (χ0v) is 11.6. The Labute approximate surface area is 122 Å². The van der Waals surface area contributed by atoms with E-state index in [-0.39, 0.29) is 11.8 Å². The minimum absolute atomic E-state index is 0.131. The van der Waals surface area contributed by atoms with Crippen molar-refractivity contribution in [3.63, 3.8) is 0 Å². The highest BCUT2D eigenvalue weighted by Gasteiger charge is 2.41. The molecule has 1 aliphatic rings. The van der Waals surface area contributed by atoms with Crippen LogP contribution in [0, 0.1) is 11.8 Å². The first-order valence-corrected chi connectivity index (χ1v) is 7.22. The van der Waals surface area contributed by atoms with Gasteiger partial charge in [0.1, 0.15) is 0 Å². The minimum Gasteiger partial charge on any atom is -0.481 e. The maximum Gasteiger partial charge on any atom is 0.307 e. The van der Waals surface area contributed by atoms with E-state index in [1.54, 1.807) is 0 Å². The quantitative estimate of drug-likeness (QED) is 0.785. The predicted octanol–water partition coefficient (Wildman–Crippen LogP) is 1.94. The van der Waals surface area contributed by atoms with Gasteiger partial charge >= 0.3 is 5.97 Å². The van der Waals surface area contributed by atoms with Crippen LogP contribution in [0.1, 0.15) is 18.4 Å². The lowest BCUT2D eigenvalue weighted by Crippen LogP contribution is -2.44. The van der Waals surface area contributed by atoms with Gasteiger partial charge in [-0.15, -0.1) is 0 Å². The fraction of sp³-hybridized carbons (Fsp3) is 0.375. The number of rotatable bonds is 5. The Bertz CT molecular complexity index is 677. The number of aliphatic carboxylic acids is 1. The van der Waals surface area contributed by atoms with E-state index in [9.17, 15) is 9.59 Å². The molecule has 2 unspecified atom stereocenters. The number of aromatic amines is 1. The average molecular weight is 286 g/mol. The number of nitrogens with one attached hydrogen (secondary N) is 2. The van der Waals surface area contributed by atoms with Gasteiger partial charge in [0.05, 0.1) is 11.8 Å². The van der Waals surface area contributed by atoms with Crippen molar-refractivity contribution in [2.75, 3.05) is 6.54 Å². The lowest BCUT2D eigenvalue weighted by molar-refractivity contribution is -0.152. The van der Waals surface area contributed by atoms with E-state index < -0.39 is 11.9 Å².